The minimum atomic E-state index is -0.471. The molecule has 0 radical (unpaired) electrons. The van der Waals surface area contributed by atoms with Gasteiger partial charge in [-0.25, -0.2) is 14.7 Å². The van der Waals surface area contributed by atoms with Gasteiger partial charge in [0.1, 0.15) is 17.7 Å². The van der Waals surface area contributed by atoms with E-state index in [1.54, 1.807) is 17.6 Å². The van der Waals surface area contributed by atoms with E-state index in [1.807, 2.05) is 4.90 Å². The van der Waals surface area contributed by atoms with Crippen LogP contribution < -0.4 is 15.3 Å². The number of halogens is 1. The largest absolute Gasteiger partial charge is 0.444 e. The second-order valence-corrected chi connectivity index (χ2v) is 9.09. The summed E-state index contributed by atoms with van der Waals surface area (Å²) in [4.78, 5) is 38.7. The number of benzene rings is 1. The van der Waals surface area contributed by atoms with Gasteiger partial charge in [-0.3, -0.25) is 19.7 Å². The Morgan fingerprint density at radius 3 is 2.40 bits per heavy atom. The van der Waals surface area contributed by atoms with Crippen LogP contribution in [-0.4, -0.2) is 61.9 Å². The van der Waals surface area contributed by atoms with Crippen molar-refractivity contribution in [2.24, 2.45) is 0 Å². The molecule has 10 heteroatoms. The summed E-state index contributed by atoms with van der Waals surface area (Å²) in [6.07, 6.45) is 6.00. The van der Waals surface area contributed by atoms with Crippen molar-refractivity contribution in [3.05, 3.63) is 24.0 Å². The molecular formula is C25H36FN3O6. The van der Waals surface area contributed by atoms with Crippen LogP contribution in [0.4, 0.5) is 20.6 Å². The summed E-state index contributed by atoms with van der Waals surface area (Å²) in [5, 5.41) is 8.43. The van der Waals surface area contributed by atoms with Crippen molar-refractivity contribution < 1.29 is 33.5 Å². The fraction of sp³-hybridized carbons (Fsp3) is 0.640. The summed E-state index contributed by atoms with van der Waals surface area (Å²) < 4.78 is 25.5. The molecule has 2 N–H and O–H groups in total. The molecule has 2 aliphatic rings. The Kier molecular flexibility index (Phi) is 10.7. The molecule has 0 saturated carbocycles. The molecule has 3 rings (SSSR count). The predicted molar refractivity (Wildman–Crippen MR) is 128 cm³/mol. The van der Waals surface area contributed by atoms with E-state index in [2.05, 4.69) is 0 Å². The quantitative estimate of drug-likeness (QED) is 0.229. The van der Waals surface area contributed by atoms with Gasteiger partial charge in [0, 0.05) is 32.4 Å². The van der Waals surface area contributed by atoms with Gasteiger partial charge in [0.05, 0.1) is 31.1 Å². The first-order valence-corrected chi connectivity index (χ1v) is 12.5. The molecule has 0 bridgehead atoms. The summed E-state index contributed by atoms with van der Waals surface area (Å²) >= 11 is 0. The van der Waals surface area contributed by atoms with E-state index in [0.29, 0.717) is 76.3 Å². The molecule has 35 heavy (non-hydrogen) atoms. The molecule has 1 aromatic rings. The Morgan fingerprint density at radius 2 is 1.71 bits per heavy atom. The highest BCUT2D eigenvalue weighted by Crippen LogP contribution is 2.29. The van der Waals surface area contributed by atoms with Crippen LogP contribution in [0.1, 0.15) is 64.2 Å². The summed E-state index contributed by atoms with van der Waals surface area (Å²) in [5.41, 5.74) is 2.61. The van der Waals surface area contributed by atoms with Gasteiger partial charge in [0.15, 0.2) is 0 Å². The van der Waals surface area contributed by atoms with Gasteiger partial charge in [-0.05, 0) is 50.3 Å². The maximum atomic E-state index is 14.7. The number of morpholine rings is 1. The van der Waals surface area contributed by atoms with Crippen LogP contribution in [0, 0.1) is 5.82 Å². The van der Waals surface area contributed by atoms with Crippen molar-refractivity contribution in [3.63, 3.8) is 0 Å². The SMILES string of the molecule is O=C(CCCCCCC(=O)NO)CCCC[C@H]1CN(c2ccc(N3CCOCC3)c(F)c2)C(=O)O1. The van der Waals surface area contributed by atoms with Crippen molar-refractivity contribution in [1.29, 1.82) is 0 Å². The van der Waals surface area contributed by atoms with Gasteiger partial charge in [-0.1, -0.05) is 12.8 Å². The summed E-state index contributed by atoms with van der Waals surface area (Å²) in [5.74, 6) is -0.528. The zero-order chi connectivity index (χ0) is 25.0. The highest BCUT2D eigenvalue weighted by Gasteiger charge is 2.32. The maximum Gasteiger partial charge on any atom is 0.414 e. The van der Waals surface area contributed by atoms with Gasteiger partial charge in [-0.2, -0.15) is 0 Å². The van der Waals surface area contributed by atoms with Crippen LogP contribution in [-0.2, 0) is 19.1 Å². The first-order valence-electron chi connectivity index (χ1n) is 12.5. The first-order chi connectivity index (χ1) is 17.0. The number of hydrogen-bond acceptors (Lipinski definition) is 7. The van der Waals surface area contributed by atoms with Crippen LogP contribution in [0.3, 0.4) is 0 Å². The van der Waals surface area contributed by atoms with Crippen LogP contribution in [0.2, 0.25) is 0 Å². The van der Waals surface area contributed by atoms with E-state index < -0.39 is 6.09 Å². The Balaban J connectivity index is 1.31. The van der Waals surface area contributed by atoms with Crippen LogP contribution in [0.25, 0.3) is 0 Å². The average Bonchev–Trinajstić information content (AvgIpc) is 3.24. The number of amides is 2. The van der Waals surface area contributed by atoms with E-state index >= 15 is 0 Å². The zero-order valence-corrected chi connectivity index (χ0v) is 20.2. The van der Waals surface area contributed by atoms with Gasteiger partial charge in [0.25, 0.3) is 0 Å². The fourth-order valence-electron chi connectivity index (χ4n) is 4.44. The lowest BCUT2D eigenvalue weighted by molar-refractivity contribution is -0.129. The van der Waals surface area contributed by atoms with Crippen molar-refractivity contribution in [2.45, 2.75) is 70.3 Å². The first kappa shape index (κ1) is 26.9. The molecule has 2 amide bonds. The number of hydroxylamine groups is 1. The molecular weight excluding hydrogens is 457 g/mol. The average molecular weight is 494 g/mol. The van der Waals surface area contributed by atoms with Gasteiger partial charge >= 0.3 is 6.09 Å². The number of ether oxygens (including phenoxy) is 2. The van der Waals surface area contributed by atoms with Crippen molar-refractivity contribution in [3.8, 4) is 0 Å². The smallest absolute Gasteiger partial charge is 0.414 e. The van der Waals surface area contributed by atoms with Gasteiger partial charge in [0.2, 0.25) is 5.91 Å². The van der Waals surface area contributed by atoms with Crippen molar-refractivity contribution >= 4 is 29.2 Å². The van der Waals surface area contributed by atoms with E-state index in [-0.39, 0.29) is 23.6 Å². The third-order valence-corrected chi connectivity index (χ3v) is 6.43. The number of ketones is 1. The lowest BCUT2D eigenvalue weighted by Gasteiger charge is -2.29. The summed E-state index contributed by atoms with van der Waals surface area (Å²) in [7, 11) is 0. The number of nitrogens with one attached hydrogen (secondary N) is 1. The van der Waals surface area contributed by atoms with Crippen molar-refractivity contribution in [2.75, 3.05) is 42.6 Å². The van der Waals surface area contributed by atoms with E-state index in [0.717, 1.165) is 32.1 Å². The molecule has 2 aliphatic heterocycles. The third-order valence-electron chi connectivity index (χ3n) is 6.43. The lowest BCUT2D eigenvalue weighted by atomic mass is 10.0. The molecule has 2 fully saturated rings. The molecule has 0 aromatic heterocycles. The van der Waals surface area contributed by atoms with Crippen molar-refractivity contribution in [1.82, 2.24) is 5.48 Å². The van der Waals surface area contributed by atoms with E-state index in [9.17, 15) is 18.8 Å². The minimum absolute atomic E-state index is 0.221. The van der Waals surface area contributed by atoms with E-state index in [1.165, 1.54) is 11.0 Å². The number of cyclic esters (lactones) is 1. The molecule has 0 spiro atoms. The number of carbonyl (C=O) groups is 3. The second kappa shape index (κ2) is 14.0. The topological polar surface area (TPSA) is 108 Å². The van der Waals surface area contributed by atoms with Gasteiger partial charge in [-0.15, -0.1) is 0 Å². The number of nitrogens with zero attached hydrogens (tertiary/aromatic N) is 2. The molecule has 0 unspecified atom stereocenters. The molecule has 1 aromatic carbocycles. The Bertz CT molecular complexity index is 862. The fourth-order valence-corrected chi connectivity index (χ4v) is 4.44. The summed E-state index contributed by atoms with van der Waals surface area (Å²) in [6.45, 7) is 2.79. The highest BCUT2D eigenvalue weighted by atomic mass is 19.1. The third kappa shape index (κ3) is 8.47. The highest BCUT2D eigenvalue weighted by molar-refractivity contribution is 5.90. The number of carbonyl (C=O) groups excluding carboxylic acids is 3. The van der Waals surface area contributed by atoms with Crippen LogP contribution >= 0.6 is 0 Å². The number of rotatable bonds is 14. The second-order valence-electron chi connectivity index (χ2n) is 9.09. The Labute approximate surface area is 205 Å². The number of hydrogen-bond donors (Lipinski definition) is 2. The molecule has 2 heterocycles. The molecule has 9 nitrogen and oxygen atoms in total. The number of anilines is 2. The monoisotopic (exact) mass is 493 g/mol. The number of unbranched alkanes of at least 4 members (excludes halogenated alkanes) is 4. The maximum absolute atomic E-state index is 14.7. The van der Waals surface area contributed by atoms with Crippen LogP contribution in [0.5, 0.6) is 0 Å². The molecule has 2 saturated heterocycles. The molecule has 0 aliphatic carbocycles. The summed E-state index contributed by atoms with van der Waals surface area (Å²) in [6, 6.07) is 4.83. The predicted octanol–water partition coefficient (Wildman–Crippen LogP) is 3.96. The zero-order valence-electron chi connectivity index (χ0n) is 20.2. The minimum Gasteiger partial charge on any atom is -0.444 e. The normalized spacial score (nSPS) is 18.0. The van der Waals surface area contributed by atoms with Gasteiger partial charge < -0.3 is 14.4 Å². The van der Waals surface area contributed by atoms with Crippen LogP contribution in [0.15, 0.2) is 18.2 Å². The lowest BCUT2D eigenvalue weighted by Crippen LogP contribution is -2.36. The standard InChI is InChI=1S/C25H36FN3O6/c26-22-17-19(11-12-23(22)28-13-15-34-16-14-28)29-18-21(35-25(29)32)9-6-5-8-20(30)7-3-1-2-4-10-24(31)27-33/h11-12,17,21,33H,1-10,13-16,18H2,(H,27,31)/t21-/m0/s1. The Hall–Kier alpha value is -2.72. The Morgan fingerprint density at radius 1 is 1.03 bits per heavy atom. The number of Topliss-reactive ketones (excluding diaryl/α,β-unsaturated/α-hetero) is 1. The molecule has 1 atom stereocenters. The van der Waals surface area contributed by atoms with E-state index in [4.69, 9.17) is 14.7 Å². The molecule has 194 valence electrons.